The zero-order valence-corrected chi connectivity index (χ0v) is 8.48. The van der Waals surface area contributed by atoms with Crippen LogP contribution < -0.4 is 0 Å². The van der Waals surface area contributed by atoms with Gasteiger partial charge in [0.1, 0.15) is 0 Å². The van der Waals surface area contributed by atoms with Gasteiger partial charge in [-0.25, -0.2) is 4.98 Å². The van der Waals surface area contributed by atoms with Crippen molar-refractivity contribution >= 4 is 16.3 Å². The minimum Gasteiger partial charge on any atom is -0.390 e. The van der Waals surface area contributed by atoms with Crippen LogP contribution in [0.4, 0.5) is 13.2 Å². The van der Waals surface area contributed by atoms with Crippen molar-refractivity contribution in [3.05, 3.63) is 22.5 Å². The predicted octanol–water partition coefficient (Wildman–Crippen LogP) is 2.22. The number of fused-ring (bicyclic) bond motifs is 1. The third-order valence-corrected chi connectivity index (χ3v) is 2.86. The Hall–Kier alpha value is -1.08. The van der Waals surface area contributed by atoms with Gasteiger partial charge in [-0.3, -0.25) is 4.40 Å². The summed E-state index contributed by atoms with van der Waals surface area (Å²) in [4.78, 5) is 4.57. The minimum absolute atomic E-state index is 0.207. The molecule has 0 unspecified atom stereocenters. The highest BCUT2D eigenvalue weighted by Crippen LogP contribution is 2.33. The summed E-state index contributed by atoms with van der Waals surface area (Å²) >= 11 is 1.16. The van der Waals surface area contributed by atoms with Crippen LogP contribution in [0.15, 0.2) is 6.20 Å². The molecule has 0 saturated heterocycles. The maximum Gasteiger partial charge on any atom is 0.435 e. The van der Waals surface area contributed by atoms with Crippen molar-refractivity contribution in [2.24, 2.45) is 0 Å². The van der Waals surface area contributed by atoms with Crippen molar-refractivity contribution in [2.45, 2.75) is 19.7 Å². The maximum atomic E-state index is 12.5. The number of aliphatic hydroxyl groups excluding tert-OH is 1. The quantitative estimate of drug-likeness (QED) is 0.824. The summed E-state index contributed by atoms with van der Waals surface area (Å²) in [5.74, 6) is 0. The lowest BCUT2D eigenvalue weighted by atomic mass is 10.3. The molecule has 0 spiro atoms. The molecule has 15 heavy (non-hydrogen) atoms. The topological polar surface area (TPSA) is 37.5 Å². The maximum absolute atomic E-state index is 12.5. The number of hydrogen-bond acceptors (Lipinski definition) is 3. The molecule has 1 N–H and O–H groups in total. The second-order valence-corrected chi connectivity index (χ2v) is 4.27. The fraction of sp³-hybridized carbons (Fsp3) is 0.375. The second kappa shape index (κ2) is 3.21. The normalized spacial score (nSPS) is 12.6. The fourth-order valence-electron chi connectivity index (χ4n) is 1.38. The SMILES string of the molecule is Cc1cn2c(CO)c(C(F)(F)F)nc2s1. The fourth-order valence-corrected chi connectivity index (χ4v) is 2.22. The van der Waals surface area contributed by atoms with E-state index in [0.29, 0.717) is 0 Å². The lowest BCUT2D eigenvalue weighted by Gasteiger charge is -2.04. The molecule has 0 aliphatic heterocycles. The van der Waals surface area contributed by atoms with Crippen molar-refractivity contribution in [1.82, 2.24) is 9.38 Å². The highest BCUT2D eigenvalue weighted by atomic mass is 32.1. The van der Waals surface area contributed by atoms with Crippen LogP contribution in [0, 0.1) is 6.92 Å². The summed E-state index contributed by atoms with van der Waals surface area (Å²) in [5.41, 5.74) is -1.21. The monoisotopic (exact) mass is 236 g/mol. The van der Waals surface area contributed by atoms with Gasteiger partial charge in [0, 0.05) is 11.1 Å². The van der Waals surface area contributed by atoms with Gasteiger partial charge < -0.3 is 5.11 Å². The second-order valence-electron chi connectivity index (χ2n) is 3.06. The Morgan fingerprint density at radius 3 is 2.73 bits per heavy atom. The average Bonchev–Trinajstić information content (AvgIpc) is 2.58. The number of nitrogens with zero attached hydrogens (tertiary/aromatic N) is 2. The van der Waals surface area contributed by atoms with E-state index in [1.807, 2.05) is 0 Å². The third kappa shape index (κ3) is 1.61. The number of halogens is 3. The molecule has 2 rings (SSSR count). The Kier molecular flexibility index (Phi) is 2.23. The van der Waals surface area contributed by atoms with Crippen molar-refractivity contribution in [3.63, 3.8) is 0 Å². The molecule has 3 nitrogen and oxygen atoms in total. The zero-order chi connectivity index (χ0) is 11.2. The Morgan fingerprint density at radius 1 is 1.53 bits per heavy atom. The number of aromatic nitrogens is 2. The first-order valence-corrected chi connectivity index (χ1v) is 4.90. The lowest BCUT2D eigenvalue weighted by molar-refractivity contribution is -0.142. The molecule has 2 aromatic heterocycles. The number of imidazole rings is 1. The molecular formula is C8H7F3N2OS. The Morgan fingerprint density at radius 2 is 2.20 bits per heavy atom. The molecule has 0 fully saturated rings. The summed E-state index contributed by atoms with van der Waals surface area (Å²) in [6, 6.07) is 0. The van der Waals surface area contributed by atoms with Gasteiger partial charge >= 0.3 is 6.18 Å². The Balaban J connectivity index is 2.71. The molecule has 7 heteroatoms. The van der Waals surface area contributed by atoms with Gasteiger partial charge in [0.2, 0.25) is 0 Å². The van der Waals surface area contributed by atoms with Crippen LogP contribution in [-0.2, 0) is 12.8 Å². The first-order valence-electron chi connectivity index (χ1n) is 4.09. The van der Waals surface area contributed by atoms with E-state index in [1.165, 1.54) is 10.6 Å². The van der Waals surface area contributed by atoms with E-state index >= 15 is 0 Å². The van der Waals surface area contributed by atoms with Crippen LogP contribution in [0.5, 0.6) is 0 Å². The molecule has 0 aromatic carbocycles. The molecule has 0 radical (unpaired) electrons. The highest BCUT2D eigenvalue weighted by Gasteiger charge is 2.37. The van der Waals surface area contributed by atoms with Crippen molar-refractivity contribution in [1.29, 1.82) is 0 Å². The summed E-state index contributed by atoms with van der Waals surface area (Å²) in [6.45, 7) is 1.10. The standard InChI is InChI=1S/C8H7F3N2OS/c1-4-2-13-5(3-14)6(8(9,10)11)12-7(13)15-4/h2,14H,3H2,1H3. The van der Waals surface area contributed by atoms with Crippen molar-refractivity contribution in [3.8, 4) is 0 Å². The van der Waals surface area contributed by atoms with Gasteiger partial charge in [0.05, 0.1) is 12.3 Å². The van der Waals surface area contributed by atoms with Crippen LogP contribution in [0.2, 0.25) is 0 Å². The van der Waals surface area contributed by atoms with Gasteiger partial charge in [-0.2, -0.15) is 13.2 Å². The Bertz CT molecular complexity index is 500. The van der Waals surface area contributed by atoms with Gasteiger partial charge in [-0.15, -0.1) is 11.3 Å². The van der Waals surface area contributed by atoms with Crippen LogP contribution in [0.1, 0.15) is 16.3 Å². The number of aryl methyl sites for hydroxylation is 1. The van der Waals surface area contributed by atoms with E-state index in [9.17, 15) is 13.2 Å². The van der Waals surface area contributed by atoms with Crippen LogP contribution in [0.25, 0.3) is 4.96 Å². The van der Waals surface area contributed by atoms with Gasteiger partial charge in [-0.1, -0.05) is 0 Å². The number of thiazole rings is 1. The van der Waals surface area contributed by atoms with Crippen LogP contribution >= 0.6 is 11.3 Å². The number of alkyl halides is 3. The third-order valence-electron chi connectivity index (χ3n) is 1.96. The summed E-state index contributed by atoms with van der Waals surface area (Å²) in [6.07, 6.45) is -2.98. The molecule has 0 amide bonds. The van der Waals surface area contributed by atoms with E-state index < -0.39 is 18.5 Å². The first-order chi connectivity index (χ1) is 6.93. The smallest absolute Gasteiger partial charge is 0.390 e. The Labute approximate surface area is 86.8 Å². The number of hydrogen-bond donors (Lipinski definition) is 1. The lowest BCUT2D eigenvalue weighted by Crippen LogP contribution is -2.09. The minimum atomic E-state index is -4.52. The molecule has 82 valence electrons. The molecule has 0 aliphatic carbocycles. The van der Waals surface area contributed by atoms with E-state index in [1.54, 1.807) is 6.92 Å². The van der Waals surface area contributed by atoms with E-state index in [2.05, 4.69) is 4.98 Å². The van der Waals surface area contributed by atoms with Gasteiger partial charge in [0.15, 0.2) is 10.7 Å². The summed E-state index contributed by atoms with van der Waals surface area (Å²) in [7, 11) is 0. The van der Waals surface area contributed by atoms with E-state index in [-0.39, 0.29) is 10.7 Å². The molecule has 0 bridgehead atoms. The molecule has 0 saturated carbocycles. The summed E-state index contributed by atoms with van der Waals surface area (Å²) in [5, 5.41) is 8.92. The van der Waals surface area contributed by atoms with Gasteiger partial charge in [0.25, 0.3) is 0 Å². The van der Waals surface area contributed by atoms with Crippen LogP contribution in [-0.4, -0.2) is 14.5 Å². The first kappa shape index (κ1) is 10.4. The molecule has 2 aromatic rings. The molecular weight excluding hydrogens is 229 g/mol. The highest BCUT2D eigenvalue weighted by molar-refractivity contribution is 7.17. The van der Waals surface area contributed by atoms with Gasteiger partial charge in [-0.05, 0) is 6.92 Å². The molecule has 0 aliphatic rings. The van der Waals surface area contributed by atoms with E-state index in [0.717, 1.165) is 16.2 Å². The number of rotatable bonds is 1. The largest absolute Gasteiger partial charge is 0.435 e. The van der Waals surface area contributed by atoms with Crippen molar-refractivity contribution < 1.29 is 18.3 Å². The molecule has 0 atom stereocenters. The average molecular weight is 236 g/mol. The van der Waals surface area contributed by atoms with E-state index in [4.69, 9.17) is 5.11 Å². The van der Waals surface area contributed by atoms with Crippen LogP contribution in [0.3, 0.4) is 0 Å². The zero-order valence-electron chi connectivity index (χ0n) is 7.67. The summed E-state index contributed by atoms with van der Waals surface area (Å²) < 4.78 is 38.7. The number of aliphatic hydroxyl groups is 1. The predicted molar refractivity (Wildman–Crippen MR) is 48.7 cm³/mol. The molecule has 2 heterocycles. The van der Waals surface area contributed by atoms with Crippen molar-refractivity contribution in [2.75, 3.05) is 0 Å².